The molecule has 1 aromatic heterocycles. The SMILES string of the molecule is COC(=O)c1ccccc1N(C)c1ncnc(Oc2cc(C)cc(C)c2)c1N. The third kappa shape index (κ3) is 3.88. The zero-order valence-corrected chi connectivity index (χ0v) is 16.3. The molecule has 28 heavy (non-hydrogen) atoms. The van der Waals surface area contributed by atoms with Crippen LogP contribution in [0.25, 0.3) is 0 Å². The topological polar surface area (TPSA) is 90.6 Å². The molecule has 144 valence electrons. The van der Waals surface area contributed by atoms with Crippen LogP contribution in [0.5, 0.6) is 11.6 Å². The Morgan fingerprint density at radius 2 is 1.75 bits per heavy atom. The number of aryl methyl sites for hydroxylation is 2. The lowest BCUT2D eigenvalue weighted by atomic mass is 10.1. The number of carbonyl (C=O) groups is 1. The second-order valence-electron chi connectivity index (χ2n) is 6.41. The number of hydrogen-bond donors (Lipinski definition) is 1. The summed E-state index contributed by atoms with van der Waals surface area (Å²) in [7, 11) is 3.11. The molecule has 0 aliphatic carbocycles. The largest absolute Gasteiger partial charge is 0.465 e. The summed E-state index contributed by atoms with van der Waals surface area (Å²) in [4.78, 5) is 22.2. The number of carbonyl (C=O) groups excluding carboxylic acids is 1. The fraction of sp³-hybridized carbons (Fsp3) is 0.190. The molecule has 0 aliphatic rings. The Bertz CT molecular complexity index is 1000. The van der Waals surface area contributed by atoms with Crippen molar-refractivity contribution in [1.82, 2.24) is 9.97 Å². The number of aromatic nitrogens is 2. The van der Waals surface area contributed by atoms with Crippen LogP contribution in [0.3, 0.4) is 0 Å². The average Bonchev–Trinajstić information content (AvgIpc) is 2.67. The highest BCUT2D eigenvalue weighted by atomic mass is 16.5. The summed E-state index contributed by atoms with van der Waals surface area (Å²) in [5.41, 5.74) is 9.73. The van der Waals surface area contributed by atoms with Crippen molar-refractivity contribution < 1.29 is 14.3 Å². The van der Waals surface area contributed by atoms with Crippen LogP contribution in [-0.4, -0.2) is 30.1 Å². The molecule has 0 saturated heterocycles. The number of methoxy groups -OCH3 is 1. The van der Waals surface area contributed by atoms with Crippen molar-refractivity contribution in [2.24, 2.45) is 0 Å². The molecule has 2 aromatic carbocycles. The van der Waals surface area contributed by atoms with Gasteiger partial charge in [0.15, 0.2) is 5.82 Å². The van der Waals surface area contributed by atoms with E-state index >= 15 is 0 Å². The first-order valence-corrected chi connectivity index (χ1v) is 8.68. The highest BCUT2D eigenvalue weighted by Gasteiger charge is 2.20. The fourth-order valence-corrected chi connectivity index (χ4v) is 2.99. The number of nitrogens with two attached hydrogens (primary N) is 1. The van der Waals surface area contributed by atoms with E-state index in [1.165, 1.54) is 13.4 Å². The Morgan fingerprint density at radius 1 is 1.07 bits per heavy atom. The van der Waals surface area contributed by atoms with Gasteiger partial charge in [0.1, 0.15) is 17.8 Å². The number of nitrogens with zero attached hydrogens (tertiary/aromatic N) is 3. The Kier molecular flexibility index (Phi) is 5.44. The van der Waals surface area contributed by atoms with Crippen LogP contribution >= 0.6 is 0 Å². The maximum Gasteiger partial charge on any atom is 0.339 e. The van der Waals surface area contributed by atoms with Gasteiger partial charge >= 0.3 is 5.97 Å². The Morgan fingerprint density at radius 3 is 2.43 bits per heavy atom. The molecule has 0 aliphatic heterocycles. The summed E-state index contributed by atoms with van der Waals surface area (Å²) in [5.74, 6) is 0.872. The molecule has 0 bridgehead atoms. The van der Waals surface area contributed by atoms with Gasteiger partial charge in [-0.05, 0) is 49.2 Å². The van der Waals surface area contributed by atoms with Gasteiger partial charge < -0.3 is 20.1 Å². The molecule has 0 unspecified atom stereocenters. The molecule has 3 aromatic rings. The van der Waals surface area contributed by atoms with E-state index in [1.54, 1.807) is 30.1 Å². The predicted octanol–water partition coefficient (Wildman–Crippen LogP) is 4.02. The quantitative estimate of drug-likeness (QED) is 0.671. The van der Waals surface area contributed by atoms with Crippen LogP contribution in [0.4, 0.5) is 17.2 Å². The molecule has 7 heteroatoms. The van der Waals surface area contributed by atoms with Gasteiger partial charge in [0.2, 0.25) is 5.88 Å². The highest BCUT2D eigenvalue weighted by Crippen LogP contribution is 2.35. The van der Waals surface area contributed by atoms with Crippen molar-refractivity contribution in [3.8, 4) is 11.6 Å². The second kappa shape index (κ2) is 7.96. The third-order valence-corrected chi connectivity index (χ3v) is 4.22. The first kappa shape index (κ1) is 19.2. The van der Waals surface area contributed by atoms with Gasteiger partial charge in [-0.15, -0.1) is 0 Å². The second-order valence-corrected chi connectivity index (χ2v) is 6.41. The number of anilines is 3. The number of esters is 1. The fourth-order valence-electron chi connectivity index (χ4n) is 2.99. The predicted molar refractivity (Wildman–Crippen MR) is 108 cm³/mol. The van der Waals surface area contributed by atoms with Crippen LogP contribution < -0.4 is 15.4 Å². The lowest BCUT2D eigenvalue weighted by Crippen LogP contribution is -2.18. The molecule has 0 spiro atoms. The van der Waals surface area contributed by atoms with Crippen molar-refractivity contribution in [3.05, 3.63) is 65.5 Å². The van der Waals surface area contributed by atoms with Crippen LogP contribution in [-0.2, 0) is 4.74 Å². The van der Waals surface area contributed by atoms with Gasteiger partial charge in [-0.25, -0.2) is 9.78 Å². The van der Waals surface area contributed by atoms with E-state index in [4.69, 9.17) is 15.2 Å². The number of ether oxygens (including phenoxy) is 2. The minimum absolute atomic E-state index is 0.248. The summed E-state index contributed by atoms with van der Waals surface area (Å²) in [6.07, 6.45) is 1.38. The van der Waals surface area contributed by atoms with Gasteiger partial charge in [0, 0.05) is 7.05 Å². The maximum atomic E-state index is 12.1. The highest BCUT2D eigenvalue weighted by molar-refractivity contribution is 5.97. The number of hydrogen-bond acceptors (Lipinski definition) is 7. The molecule has 0 saturated carbocycles. The van der Waals surface area contributed by atoms with Gasteiger partial charge in [-0.2, -0.15) is 4.98 Å². The standard InChI is InChI=1S/C21H22N4O3/c1-13-9-14(2)11-15(10-13)28-20-18(22)19(23-12-24-20)25(3)17-8-6-5-7-16(17)21(26)27-4/h5-12H,22H2,1-4H3. The molecular formula is C21H22N4O3. The molecule has 0 fully saturated rings. The molecule has 0 atom stereocenters. The third-order valence-electron chi connectivity index (χ3n) is 4.22. The molecule has 2 N–H and O–H groups in total. The summed E-state index contributed by atoms with van der Waals surface area (Å²) in [6, 6.07) is 12.9. The van der Waals surface area contributed by atoms with E-state index < -0.39 is 5.97 Å². The van der Waals surface area contributed by atoms with E-state index in [9.17, 15) is 4.79 Å². The van der Waals surface area contributed by atoms with E-state index in [2.05, 4.69) is 16.0 Å². The van der Waals surface area contributed by atoms with Crippen molar-refractivity contribution in [2.75, 3.05) is 24.8 Å². The normalized spacial score (nSPS) is 10.4. The smallest absolute Gasteiger partial charge is 0.339 e. The minimum Gasteiger partial charge on any atom is -0.465 e. The number of para-hydroxylation sites is 1. The van der Waals surface area contributed by atoms with Crippen molar-refractivity contribution >= 4 is 23.2 Å². The number of benzene rings is 2. The van der Waals surface area contributed by atoms with Crippen LogP contribution in [0.15, 0.2) is 48.8 Å². The van der Waals surface area contributed by atoms with Gasteiger partial charge in [-0.1, -0.05) is 18.2 Å². The van der Waals surface area contributed by atoms with Gasteiger partial charge in [-0.3, -0.25) is 0 Å². The monoisotopic (exact) mass is 378 g/mol. The van der Waals surface area contributed by atoms with Crippen molar-refractivity contribution in [2.45, 2.75) is 13.8 Å². The van der Waals surface area contributed by atoms with Crippen molar-refractivity contribution in [3.63, 3.8) is 0 Å². The summed E-state index contributed by atoms with van der Waals surface area (Å²) >= 11 is 0. The lowest BCUT2D eigenvalue weighted by Gasteiger charge is -2.22. The van der Waals surface area contributed by atoms with E-state index in [-0.39, 0.29) is 11.6 Å². The van der Waals surface area contributed by atoms with E-state index in [0.29, 0.717) is 22.8 Å². The van der Waals surface area contributed by atoms with Gasteiger partial charge in [0.05, 0.1) is 18.4 Å². The zero-order valence-electron chi connectivity index (χ0n) is 16.3. The first-order chi connectivity index (χ1) is 13.4. The molecule has 3 rings (SSSR count). The lowest BCUT2D eigenvalue weighted by molar-refractivity contribution is 0.0601. The van der Waals surface area contributed by atoms with Crippen LogP contribution in [0.2, 0.25) is 0 Å². The van der Waals surface area contributed by atoms with E-state index in [0.717, 1.165) is 11.1 Å². The van der Waals surface area contributed by atoms with E-state index in [1.807, 2.05) is 32.0 Å². The van der Waals surface area contributed by atoms with Crippen molar-refractivity contribution in [1.29, 1.82) is 0 Å². The molecule has 0 radical (unpaired) electrons. The minimum atomic E-state index is -0.443. The Hall–Kier alpha value is -3.61. The summed E-state index contributed by atoms with van der Waals surface area (Å²) in [5, 5.41) is 0. The first-order valence-electron chi connectivity index (χ1n) is 8.68. The maximum absolute atomic E-state index is 12.1. The van der Waals surface area contributed by atoms with Crippen LogP contribution in [0.1, 0.15) is 21.5 Å². The average molecular weight is 378 g/mol. The zero-order chi connectivity index (χ0) is 20.3. The summed E-state index contributed by atoms with van der Waals surface area (Å²) < 4.78 is 10.8. The Labute approximate surface area is 163 Å². The summed E-state index contributed by atoms with van der Waals surface area (Å²) in [6.45, 7) is 3.98. The number of nitrogen functional groups attached to an aromatic ring is 1. The molecule has 0 amide bonds. The molecular weight excluding hydrogens is 356 g/mol. The van der Waals surface area contributed by atoms with Gasteiger partial charge in [0.25, 0.3) is 0 Å². The Balaban J connectivity index is 1.98. The molecule has 7 nitrogen and oxygen atoms in total. The van der Waals surface area contributed by atoms with Crippen LogP contribution in [0, 0.1) is 13.8 Å². The molecule has 1 heterocycles. The number of rotatable bonds is 5.